The van der Waals surface area contributed by atoms with Crippen molar-refractivity contribution in [3.8, 4) is 0 Å². The molecule has 0 atom stereocenters. The van der Waals surface area contributed by atoms with Gasteiger partial charge in [0.25, 0.3) is 0 Å². The summed E-state index contributed by atoms with van der Waals surface area (Å²) in [6, 6.07) is 4.18. The smallest absolute Gasteiger partial charge is 0.213 e. The summed E-state index contributed by atoms with van der Waals surface area (Å²) in [5.74, 6) is 0.206. The Morgan fingerprint density at radius 3 is 2.53 bits per heavy atom. The normalized spacial score (nSPS) is 19.6. The minimum absolute atomic E-state index is 0.206. The first-order valence-electron chi connectivity index (χ1n) is 5.84. The molecular formula is C11H18N2O2S2. The van der Waals surface area contributed by atoms with Gasteiger partial charge in [0.05, 0.1) is 5.75 Å². The molecule has 0 spiro atoms. The predicted octanol–water partition coefficient (Wildman–Crippen LogP) is 1.22. The van der Waals surface area contributed by atoms with Gasteiger partial charge >= 0.3 is 0 Å². The number of nitrogens with zero attached hydrogens (tertiary/aromatic N) is 2. The summed E-state index contributed by atoms with van der Waals surface area (Å²) in [5.41, 5.74) is 0. The summed E-state index contributed by atoms with van der Waals surface area (Å²) in [6.45, 7) is 5.56. The molecule has 0 N–H and O–H groups in total. The lowest BCUT2D eigenvalue weighted by molar-refractivity contribution is 0.183. The van der Waals surface area contributed by atoms with Crippen LogP contribution in [0.15, 0.2) is 17.5 Å². The van der Waals surface area contributed by atoms with Gasteiger partial charge in [-0.05, 0) is 18.4 Å². The van der Waals surface area contributed by atoms with Crippen molar-refractivity contribution in [3.05, 3.63) is 22.4 Å². The van der Waals surface area contributed by atoms with Crippen LogP contribution >= 0.6 is 11.3 Å². The molecule has 1 aromatic rings. The van der Waals surface area contributed by atoms with Crippen LogP contribution in [-0.2, 0) is 16.6 Å². The van der Waals surface area contributed by atoms with Gasteiger partial charge in [-0.1, -0.05) is 6.07 Å². The number of rotatable bonds is 4. The Kier molecular flexibility index (Phi) is 4.19. The van der Waals surface area contributed by atoms with Gasteiger partial charge in [-0.3, -0.25) is 4.90 Å². The van der Waals surface area contributed by atoms with E-state index in [1.54, 1.807) is 22.6 Å². The predicted molar refractivity (Wildman–Crippen MR) is 70.6 cm³/mol. The summed E-state index contributed by atoms with van der Waals surface area (Å²) < 4.78 is 25.0. The molecule has 2 heterocycles. The van der Waals surface area contributed by atoms with Gasteiger partial charge in [-0.2, -0.15) is 4.31 Å². The topological polar surface area (TPSA) is 40.6 Å². The minimum atomic E-state index is -3.00. The van der Waals surface area contributed by atoms with Gasteiger partial charge in [0.2, 0.25) is 10.0 Å². The second kappa shape index (κ2) is 5.48. The number of piperazine rings is 1. The number of hydrogen-bond donors (Lipinski definition) is 0. The van der Waals surface area contributed by atoms with E-state index in [0.717, 1.165) is 19.6 Å². The minimum Gasteiger partial charge on any atom is -0.296 e. The Balaban J connectivity index is 1.86. The van der Waals surface area contributed by atoms with E-state index in [2.05, 4.69) is 22.4 Å². The van der Waals surface area contributed by atoms with E-state index in [1.807, 2.05) is 0 Å². The number of thiophene rings is 1. The van der Waals surface area contributed by atoms with Gasteiger partial charge in [-0.15, -0.1) is 11.3 Å². The van der Waals surface area contributed by atoms with Crippen molar-refractivity contribution in [1.82, 2.24) is 9.21 Å². The molecular weight excluding hydrogens is 256 g/mol. The van der Waals surface area contributed by atoms with E-state index in [0.29, 0.717) is 13.1 Å². The highest BCUT2D eigenvalue weighted by Crippen LogP contribution is 2.14. The van der Waals surface area contributed by atoms with E-state index in [9.17, 15) is 8.42 Å². The van der Waals surface area contributed by atoms with Gasteiger partial charge < -0.3 is 0 Å². The highest BCUT2D eigenvalue weighted by Gasteiger charge is 2.25. The second-order valence-corrected chi connectivity index (χ2v) is 7.44. The summed E-state index contributed by atoms with van der Waals surface area (Å²) in [6.07, 6.45) is 0. The van der Waals surface area contributed by atoms with Crippen molar-refractivity contribution in [3.63, 3.8) is 0 Å². The fourth-order valence-electron chi connectivity index (χ4n) is 1.97. The average Bonchev–Trinajstić information content (AvgIpc) is 2.83. The molecule has 0 unspecified atom stereocenters. The van der Waals surface area contributed by atoms with Crippen molar-refractivity contribution in [2.75, 3.05) is 31.9 Å². The third kappa shape index (κ3) is 3.28. The van der Waals surface area contributed by atoms with Gasteiger partial charge in [-0.25, -0.2) is 8.42 Å². The molecule has 0 aromatic carbocycles. The SMILES string of the molecule is CCS(=O)(=O)N1CCN(Cc2cccs2)CC1. The molecule has 17 heavy (non-hydrogen) atoms. The van der Waals surface area contributed by atoms with Crippen LogP contribution in [0.4, 0.5) is 0 Å². The largest absolute Gasteiger partial charge is 0.296 e. The molecule has 0 radical (unpaired) electrons. The Labute approximate surface area is 107 Å². The Morgan fingerprint density at radius 1 is 1.29 bits per heavy atom. The zero-order chi connectivity index (χ0) is 12.3. The molecule has 6 heteroatoms. The highest BCUT2D eigenvalue weighted by atomic mass is 32.2. The molecule has 1 aliphatic rings. The number of hydrogen-bond acceptors (Lipinski definition) is 4. The average molecular weight is 274 g/mol. The molecule has 1 aromatic heterocycles. The molecule has 0 bridgehead atoms. The van der Waals surface area contributed by atoms with Crippen LogP contribution in [0.3, 0.4) is 0 Å². The standard InChI is InChI=1S/C11H18N2O2S2/c1-2-17(14,15)13-7-5-12(6-8-13)10-11-4-3-9-16-11/h3-4,9H,2,5-8,10H2,1H3. The second-order valence-electron chi connectivity index (χ2n) is 4.16. The van der Waals surface area contributed by atoms with Crippen molar-refractivity contribution >= 4 is 21.4 Å². The van der Waals surface area contributed by atoms with E-state index in [4.69, 9.17) is 0 Å². The van der Waals surface area contributed by atoms with E-state index in [-0.39, 0.29) is 5.75 Å². The first-order chi connectivity index (χ1) is 8.12. The Morgan fingerprint density at radius 2 is 2.00 bits per heavy atom. The Bertz CT molecular complexity index is 434. The summed E-state index contributed by atoms with van der Waals surface area (Å²) in [7, 11) is -3.00. The Hall–Kier alpha value is -0.430. The van der Waals surface area contributed by atoms with Crippen LogP contribution in [0.2, 0.25) is 0 Å². The summed E-state index contributed by atoms with van der Waals surface area (Å²) in [5, 5.41) is 2.08. The van der Waals surface area contributed by atoms with Crippen molar-refractivity contribution in [2.45, 2.75) is 13.5 Å². The molecule has 1 saturated heterocycles. The molecule has 96 valence electrons. The molecule has 0 aliphatic carbocycles. The monoisotopic (exact) mass is 274 g/mol. The third-order valence-corrected chi connectivity index (χ3v) is 5.79. The third-order valence-electron chi connectivity index (χ3n) is 3.05. The van der Waals surface area contributed by atoms with Gasteiger partial charge in [0.15, 0.2) is 0 Å². The van der Waals surface area contributed by atoms with Crippen LogP contribution in [0, 0.1) is 0 Å². The maximum absolute atomic E-state index is 11.7. The highest BCUT2D eigenvalue weighted by molar-refractivity contribution is 7.89. The number of sulfonamides is 1. The first kappa shape index (κ1) is 13.0. The zero-order valence-electron chi connectivity index (χ0n) is 10.0. The maximum atomic E-state index is 11.7. The molecule has 0 saturated carbocycles. The lowest BCUT2D eigenvalue weighted by atomic mass is 10.3. The fraction of sp³-hybridized carbons (Fsp3) is 0.636. The molecule has 2 rings (SSSR count). The van der Waals surface area contributed by atoms with Gasteiger partial charge in [0, 0.05) is 37.6 Å². The van der Waals surface area contributed by atoms with Gasteiger partial charge in [0.1, 0.15) is 0 Å². The molecule has 1 fully saturated rings. The van der Waals surface area contributed by atoms with Crippen LogP contribution in [0.1, 0.15) is 11.8 Å². The van der Waals surface area contributed by atoms with E-state index in [1.165, 1.54) is 4.88 Å². The summed E-state index contributed by atoms with van der Waals surface area (Å²) >= 11 is 1.75. The quantitative estimate of drug-likeness (QED) is 0.829. The maximum Gasteiger partial charge on any atom is 0.213 e. The van der Waals surface area contributed by atoms with E-state index < -0.39 is 10.0 Å². The molecule has 4 nitrogen and oxygen atoms in total. The van der Waals surface area contributed by atoms with Crippen molar-refractivity contribution < 1.29 is 8.42 Å². The van der Waals surface area contributed by atoms with Crippen molar-refractivity contribution in [1.29, 1.82) is 0 Å². The fourth-order valence-corrected chi connectivity index (χ4v) is 3.80. The van der Waals surface area contributed by atoms with Crippen LogP contribution in [-0.4, -0.2) is 49.6 Å². The van der Waals surface area contributed by atoms with Crippen LogP contribution in [0.25, 0.3) is 0 Å². The lowest BCUT2D eigenvalue weighted by Gasteiger charge is -2.33. The lowest BCUT2D eigenvalue weighted by Crippen LogP contribution is -2.48. The van der Waals surface area contributed by atoms with Crippen LogP contribution in [0.5, 0.6) is 0 Å². The van der Waals surface area contributed by atoms with E-state index >= 15 is 0 Å². The van der Waals surface area contributed by atoms with Crippen molar-refractivity contribution in [2.24, 2.45) is 0 Å². The molecule has 0 amide bonds. The summed E-state index contributed by atoms with van der Waals surface area (Å²) in [4.78, 5) is 3.66. The van der Waals surface area contributed by atoms with Crippen LogP contribution < -0.4 is 0 Å². The zero-order valence-corrected chi connectivity index (χ0v) is 11.6. The molecule has 1 aliphatic heterocycles. The first-order valence-corrected chi connectivity index (χ1v) is 8.33.